The van der Waals surface area contributed by atoms with Gasteiger partial charge in [-0.2, -0.15) is 0 Å². The molecular formula is C9H12NO. The Kier molecular flexibility index (Phi) is 3.45. The molecule has 0 N–H and O–H groups in total. The van der Waals surface area contributed by atoms with Gasteiger partial charge < -0.3 is 4.42 Å². The summed E-state index contributed by atoms with van der Waals surface area (Å²) in [5.74, 6) is 0.804. The molecule has 1 aromatic rings. The van der Waals surface area contributed by atoms with Crippen LogP contribution in [0.15, 0.2) is 29.0 Å². The first-order valence-electron chi connectivity index (χ1n) is 3.76. The molecule has 0 amide bonds. The standard InChI is InChI=1S/C9H12NO/c1-2-3-4-5-6-9-10-7-8-11-9/h3-4,7-8H,1-2,5-6H2/b4-3+. The van der Waals surface area contributed by atoms with Crippen LogP contribution in [-0.4, -0.2) is 4.98 Å². The predicted octanol–water partition coefficient (Wildman–Crippen LogP) is 2.39. The van der Waals surface area contributed by atoms with Crippen LogP contribution in [0.3, 0.4) is 0 Å². The van der Waals surface area contributed by atoms with Crippen molar-refractivity contribution >= 4 is 0 Å². The maximum Gasteiger partial charge on any atom is 0.194 e. The smallest absolute Gasteiger partial charge is 0.194 e. The van der Waals surface area contributed by atoms with Crippen LogP contribution in [0, 0.1) is 6.92 Å². The lowest BCUT2D eigenvalue weighted by Crippen LogP contribution is -1.80. The first kappa shape index (κ1) is 8.05. The van der Waals surface area contributed by atoms with Crippen LogP contribution in [0.2, 0.25) is 0 Å². The van der Waals surface area contributed by atoms with Crippen LogP contribution in [-0.2, 0) is 6.42 Å². The maximum atomic E-state index is 5.05. The summed E-state index contributed by atoms with van der Waals surface area (Å²) in [6.07, 6.45) is 10.1. The van der Waals surface area contributed by atoms with Crippen LogP contribution in [0.4, 0.5) is 0 Å². The summed E-state index contributed by atoms with van der Waals surface area (Å²) in [4.78, 5) is 4.00. The highest BCUT2D eigenvalue weighted by atomic mass is 16.3. The minimum atomic E-state index is 0.804. The lowest BCUT2D eigenvalue weighted by atomic mass is 10.3. The van der Waals surface area contributed by atoms with E-state index in [4.69, 9.17) is 4.42 Å². The summed E-state index contributed by atoms with van der Waals surface area (Å²) in [6, 6.07) is 0. The molecule has 0 saturated heterocycles. The van der Waals surface area contributed by atoms with Crippen molar-refractivity contribution in [2.75, 3.05) is 0 Å². The topological polar surface area (TPSA) is 26.0 Å². The molecule has 0 fully saturated rings. The zero-order valence-electron chi connectivity index (χ0n) is 6.49. The van der Waals surface area contributed by atoms with E-state index in [0.717, 1.165) is 25.2 Å². The van der Waals surface area contributed by atoms with Crippen LogP contribution in [0.5, 0.6) is 0 Å². The molecule has 0 aromatic carbocycles. The molecule has 0 aliphatic rings. The van der Waals surface area contributed by atoms with Gasteiger partial charge in [-0.15, -0.1) is 0 Å². The molecular weight excluding hydrogens is 138 g/mol. The van der Waals surface area contributed by atoms with Crippen molar-refractivity contribution in [3.63, 3.8) is 0 Å². The average Bonchev–Trinajstić information content (AvgIpc) is 2.50. The fraction of sp³-hybridized carbons (Fsp3) is 0.333. The Labute approximate surface area is 66.9 Å². The minimum Gasteiger partial charge on any atom is -0.449 e. The van der Waals surface area contributed by atoms with Crippen LogP contribution < -0.4 is 0 Å². The first-order chi connectivity index (χ1) is 5.43. The number of aromatic nitrogens is 1. The summed E-state index contributed by atoms with van der Waals surface area (Å²) in [5.41, 5.74) is 0. The van der Waals surface area contributed by atoms with E-state index in [-0.39, 0.29) is 0 Å². The Hall–Kier alpha value is -1.05. The molecule has 1 aromatic heterocycles. The normalized spacial score (nSPS) is 11.0. The highest BCUT2D eigenvalue weighted by molar-refractivity contribution is 4.87. The number of rotatable bonds is 4. The summed E-state index contributed by atoms with van der Waals surface area (Å²) < 4.78 is 5.05. The quantitative estimate of drug-likeness (QED) is 0.616. The predicted molar refractivity (Wildman–Crippen MR) is 43.9 cm³/mol. The molecule has 11 heavy (non-hydrogen) atoms. The van der Waals surface area contributed by atoms with Gasteiger partial charge in [-0.05, 0) is 19.8 Å². The number of oxazole rings is 1. The molecule has 0 atom stereocenters. The Balaban J connectivity index is 2.19. The highest BCUT2D eigenvalue weighted by Gasteiger charge is 1.92. The third-order valence-electron chi connectivity index (χ3n) is 1.34. The van der Waals surface area contributed by atoms with E-state index in [9.17, 15) is 0 Å². The summed E-state index contributed by atoms with van der Waals surface area (Å²) >= 11 is 0. The minimum absolute atomic E-state index is 0.804. The van der Waals surface area contributed by atoms with Crippen molar-refractivity contribution in [3.8, 4) is 0 Å². The Morgan fingerprint density at radius 3 is 3.09 bits per heavy atom. The Morgan fingerprint density at radius 1 is 1.55 bits per heavy atom. The second-order valence-corrected chi connectivity index (χ2v) is 2.22. The van der Waals surface area contributed by atoms with Gasteiger partial charge in [0.15, 0.2) is 5.89 Å². The van der Waals surface area contributed by atoms with Gasteiger partial charge in [0.05, 0.1) is 6.20 Å². The van der Waals surface area contributed by atoms with E-state index in [1.807, 2.05) is 6.08 Å². The number of hydrogen-bond donors (Lipinski definition) is 0. The second kappa shape index (κ2) is 4.72. The van der Waals surface area contributed by atoms with E-state index in [1.54, 1.807) is 12.5 Å². The van der Waals surface area contributed by atoms with Gasteiger partial charge in [0.25, 0.3) is 0 Å². The van der Waals surface area contributed by atoms with Gasteiger partial charge in [0, 0.05) is 6.42 Å². The fourth-order valence-electron chi connectivity index (χ4n) is 0.819. The van der Waals surface area contributed by atoms with Gasteiger partial charge >= 0.3 is 0 Å². The van der Waals surface area contributed by atoms with Gasteiger partial charge in [-0.1, -0.05) is 12.2 Å². The molecule has 0 unspecified atom stereocenters. The van der Waals surface area contributed by atoms with E-state index in [2.05, 4.69) is 18.0 Å². The zero-order chi connectivity index (χ0) is 7.94. The number of allylic oxidation sites excluding steroid dienone is 2. The van der Waals surface area contributed by atoms with E-state index >= 15 is 0 Å². The fourth-order valence-corrected chi connectivity index (χ4v) is 0.819. The largest absolute Gasteiger partial charge is 0.449 e. The number of hydrogen-bond acceptors (Lipinski definition) is 2. The van der Waals surface area contributed by atoms with Gasteiger partial charge in [-0.3, -0.25) is 0 Å². The molecule has 1 heterocycles. The van der Waals surface area contributed by atoms with Crippen LogP contribution >= 0.6 is 0 Å². The van der Waals surface area contributed by atoms with Crippen molar-refractivity contribution in [1.29, 1.82) is 0 Å². The van der Waals surface area contributed by atoms with Crippen molar-refractivity contribution < 1.29 is 4.42 Å². The molecule has 1 radical (unpaired) electrons. The lowest BCUT2D eigenvalue weighted by Gasteiger charge is -1.87. The molecule has 2 heteroatoms. The van der Waals surface area contributed by atoms with Gasteiger partial charge in [-0.25, -0.2) is 4.98 Å². The van der Waals surface area contributed by atoms with Gasteiger partial charge in [0.1, 0.15) is 6.26 Å². The van der Waals surface area contributed by atoms with Crippen LogP contribution in [0.1, 0.15) is 18.7 Å². The molecule has 0 saturated carbocycles. The SMILES string of the molecule is [CH2]C/C=C/CCc1ncco1. The second-order valence-electron chi connectivity index (χ2n) is 2.22. The summed E-state index contributed by atoms with van der Waals surface area (Å²) in [6.45, 7) is 3.69. The van der Waals surface area contributed by atoms with Crippen molar-refractivity contribution in [2.45, 2.75) is 19.3 Å². The summed E-state index contributed by atoms with van der Waals surface area (Å²) in [5, 5.41) is 0. The Bertz CT molecular complexity index is 201. The summed E-state index contributed by atoms with van der Waals surface area (Å²) in [7, 11) is 0. The molecule has 2 nitrogen and oxygen atoms in total. The van der Waals surface area contributed by atoms with Crippen molar-refractivity contribution in [1.82, 2.24) is 4.98 Å². The monoisotopic (exact) mass is 150 g/mol. The van der Waals surface area contributed by atoms with Crippen molar-refractivity contribution in [3.05, 3.63) is 37.4 Å². The molecule has 0 spiro atoms. The lowest BCUT2D eigenvalue weighted by molar-refractivity contribution is 0.495. The molecule has 59 valence electrons. The Morgan fingerprint density at radius 2 is 2.45 bits per heavy atom. The highest BCUT2D eigenvalue weighted by Crippen LogP contribution is 1.99. The molecule has 0 bridgehead atoms. The average molecular weight is 150 g/mol. The first-order valence-corrected chi connectivity index (χ1v) is 3.76. The zero-order valence-corrected chi connectivity index (χ0v) is 6.49. The third kappa shape index (κ3) is 3.03. The van der Waals surface area contributed by atoms with E-state index in [1.165, 1.54) is 0 Å². The number of aryl methyl sites for hydroxylation is 1. The number of nitrogens with zero attached hydrogens (tertiary/aromatic N) is 1. The third-order valence-corrected chi connectivity index (χ3v) is 1.34. The van der Waals surface area contributed by atoms with Crippen molar-refractivity contribution in [2.24, 2.45) is 0 Å². The molecule has 0 aliphatic carbocycles. The van der Waals surface area contributed by atoms with Crippen LogP contribution in [0.25, 0.3) is 0 Å². The molecule has 1 rings (SSSR count). The maximum absolute atomic E-state index is 5.05. The van der Waals surface area contributed by atoms with E-state index < -0.39 is 0 Å². The van der Waals surface area contributed by atoms with Gasteiger partial charge in [0.2, 0.25) is 0 Å². The molecule has 0 aliphatic heterocycles. The van der Waals surface area contributed by atoms with E-state index in [0.29, 0.717) is 0 Å².